The van der Waals surface area contributed by atoms with Crippen LogP contribution in [0.5, 0.6) is 11.5 Å². The maximum Gasteiger partial charge on any atom is 0.409 e. The summed E-state index contributed by atoms with van der Waals surface area (Å²) in [4.78, 5) is 13.9. The first-order valence-electron chi connectivity index (χ1n) is 22.8. The molecule has 1 saturated heterocycles. The van der Waals surface area contributed by atoms with E-state index < -0.39 is 36.8 Å². The van der Waals surface area contributed by atoms with Gasteiger partial charge in [0, 0.05) is 6.54 Å². The number of carbonyl (C=O) groups excluding carboxylic acids is 1. The lowest BCUT2D eigenvalue weighted by Gasteiger charge is -2.45. The second kappa shape index (κ2) is 25.2. The Morgan fingerprint density at radius 2 is 0.851 bits per heavy atom. The van der Waals surface area contributed by atoms with Crippen LogP contribution in [0.1, 0.15) is 38.9 Å². The molecule has 7 aromatic rings. The van der Waals surface area contributed by atoms with E-state index >= 15 is 0 Å². The van der Waals surface area contributed by atoms with Crippen LogP contribution in [0, 0.1) is 0 Å². The van der Waals surface area contributed by atoms with Crippen molar-refractivity contribution in [2.45, 2.75) is 76.8 Å². The molecule has 5 atom stereocenters. The molecular weight excluding hydrogens is 843 g/mol. The van der Waals surface area contributed by atoms with Crippen molar-refractivity contribution in [3.8, 4) is 11.5 Å². The number of hydrogen-bond acceptors (Lipinski definition) is 9. The standard InChI is InChI=1S/C57H57NO9/c59-57(58-34-33-43-31-32-50(61-37-45-21-9-2-10-22-45)51(35-43)62-38-46-23-11-3-12-24-46)67-56-55(65-41-49-29-17-6-18-30-49)54(64-40-48-27-15-5-16-28-48)53(63-39-47-25-13-4-14-26-47)52(66-56)42-60-36-44-19-7-1-8-20-44/h1-32,35,52-56H,33-34,36-42H2,(H,58,59)/t52-,53-,54+,55-,56-/m1/s1. The van der Waals surface area contributed by atoms with Crippen LogP contribution < -0.4 is 14.8 Å². The Bertz CT molecular complexity index is 2480. The zero-order chi connectivity index (χ0) is 45.7. The summed E-state index contributed by atoms with van der Waals surface area (Å²) in [5.41, 5.74) is 6.92. The Kier molecular flexibility index (Phi) is 17.6. The highest BCUT2D eigenvalue weighted by molar-refractivity contribution is 5.67. The molecule has 0 saturated carbocycles. The third kappa shape index (κ3) is 14.6. The van der Waals surface area contributed by atoms with Gasteiger partial charge in [0.1, 0.15) is 37.6 Å². The molecule has 1 amide bonds. The molecule has 0 radical (unpaired) electrons. The summed E-state index contributed by atoms with van der Waals surface area (Å²) in [5.74, 6) is 1.24. The summed E-state index contributed by atoms with van der Waals surface area (Å²) in [7, 11) is 0. The Hall–Kier alpha value is -6.79. The van der Waals surface area contributed by atoms with Gasteiger partial charge in [-0.2, -0.15) is 0 Å². The molecule has 7 aromatic carbocycles. The molecule has 67 heavy (non-hydrogen) atoms. The number of nitrogens with one attached hydrogen (secondary N) is 1. The van der Waals surface area contributed by atoms with Crippen LogP contribution in [-0.4, -0.2) is 50.0 Å². The number of hydrogen-bond donors (Lipinski definition) is 1. The van der Waals surface area contributed by atoms with Gasteiger partial charge in [-0.15, -0.1) is 0 Å². The summed E-state index contributed by atoms with van der Waals surface area (Å²) >= 11 is 0. The average Bonchev–Trinajstić information content (AvgIpc) is 3.38. The van der Waals surface area contributed by atoms with Crippen molar-refractivity contribution < 1.29 is 42.7 Å². The lowest BCUT2D eigenvalue weighted by molar-refractivity contribution is -0.315. The number of rotatable bonds is 23. The SMILES string of the molecule is O=C(NCCc1ccc(OCc2ccccc2)c(OCc2ccccc2)c1)O[C@H]1O[C@H](COCc2ccccc2)[C@@H](OCc2ccccc2)[C@H](OCc2ccccc2)[C@H]1OCc1ccccc1. The highest BCUT2D eigenvalue weighted by Crippen LogP contribution is 2.33. The molecule has 0 aromatic heterocycles. The van der Waals surface area contributed by atoms with Gasteiger partial charge < -0.3 is 43.2 Å². The number of ether oxygens (including phenoxy) is 8. The van der Waals surface area contributed by atoms with E-state index in [1.54, 1.807) is 0 Å². The van der Waals surface area contributed by atoms with Crippen LogP contribution in [0.4, 0.5) is 4.79 Å². The first-order valence-corrected chi connectivity index (χ1v) is 22.8. The predicted molar refractivity (Wildman–Crippen MR) is 256 cm³/mol. The summed E-state index contributed by atoms with van der Waals surface area (Å²) in [6.07, 6.45) is -4.40. The third-order valence-corrected chi connectivity index (χ3v) is 11.2. The predicted octanol–water partition coefficient (Wildman–Crippen LogP) is 10.8. The molecule has 1 aliphatic heterocycles. The van der Waals surface area contributed by atoms with Gasteiger partial charge in [0.2, 0.25) is 6.29 Å². The summed E-state index contributed by atoms with van der Waals surface area (Å²) in [5, 5.41) is 2.95. The molecule has 0 unspecified atom stereocenters. The van der Waals surface area contributed by atoms with Crippen molar-refractivity contribution in [3.63, 3.8) is 0 Å². The maximum atomic E-state index is 13.9. The normalized spacial score (nSPS) is 17.9. The van der Waals surface area contributed by atoms with Gasteiger partial charge in [-0.1, -0.05) is 188 Å². The minimum atomic E-state index is -1.19. The summed E-state index contributed by atoms with van der Waals surface area (Å²) < 4.78 is 52.0. The highest BCUT2D eigenvalue weighted by Gasteiger charge is 2.50. The third-order valence-electron chi connectivity index (χ3n) is 11.2. The number of alkyl carbamates (subject to hydrolysis) is 1. The molecule has 344 valence electrons. The fraction of sp³-hybridized carbons (Fsp3) is 0.246. The van der Waals surface area contributed by atoms with Gasteiger partial charge in [0.15, 0.2) is 11.5 Å². The molecule has 1 heterocycles. The minimum Gasteiger partial charge on any atom is -0.485 e. The molecule has 1 N–H and O–H groups in total. The number of amides is 1. The topological polar surface area (TPSA) is 103 Å². The van der Waals surface area contributed by atoms with E-state index in [4.69, 9.17) is 37.9 Å². The first-order chi connectivity index (χ1) is 33.1. The van der Waals surface area contributed by atoms with Crippen LogP contribution in [-0.2, 0) is 74.5 Å². The maximum absolute atomic E-state index is 13.9. The molecule has 0 aliphatic carbocycles. The highest BCUT2D eigenvalue weighted by atomic mass is 16.7. The van der Waals surface area contributed by atoms with E-state index in [0.717, 1.165) is 38.9 Å². The largest absolute Gasteiger partial charge is 0.485 e. The lowest BCUT2D eigenvalue weighted by atomic mass is 9.97. The monoisotopic (exact) mass is 899 g/mol. The van der Waals surface area contributed by atoms with Gasteiger partial charge in [-0.05, 0) is 57.5 Å². The van der Waals surface area contributed by atoms with Crippen molar-refractivity contribution in [3.05, 3.63) is 239 Å². The van der Waals surface area contributed by atoms with Gasteiger partial charge in [0.25, 0.3) is 0 Å². The fourth-order valence-electron chi connectivity index (χ4n) is 7.71. The molecule has 10 heteroatoms. The van der Waals surface area contributed by atoms with Crippen LogP contribution >= 0.6 is 0 Å². The Balaban J connectivity index is 1.00. The van der Waals surface area contributed by atoms with Crippen molar-refractivity contribution in [2.24, 2.45) is 0 Å². The molecule has 0 spiro atoms. The molecule has 0 bridgehead atoms. The van der Waals surface area contributed by atoms with Gasteiger partial charge >= 0.3 is 6.09 Å². The lowest BCUT2D eigenvalue weighted by Crippen LogP contribution is -2.62. The van der Waals surface area contributed by atoms with Crippen molar-refractivity contribution >= 4 is 6.09 Å². The first kappa shape index (κ1) is 46.7. The minimum absolute atomic E-state index is 0.131. The summed E-state index contributed by atoms with van der Waals surface area (Å²) in [6, 6.07) is 65.5. The van der Waals surface area contributed by atoms with E-state index in [-0.39, 0.29) is 33.0 Å². The molecule has 8 rings (SSSR count). The van der Waals surface area contributed by atoms with Crippen LogP contribution in [0.2, 0.25) is 0 Å². The van der Waals surface area contributed by atoms with Gasteiger partial charge in [-0.3, -0.25) is 0 Å². The Labute approximate surface area is 393 Å². The van der Waals surface area contributed by atoms with E-state index in [2.05, 4.69) is 5.32 Å². The smallest absolute Gasteiger partial charge is 0.409 e. The Morgan fingerprint density at radius 3 is 1.34 bits per heavy atom. The molecular formula is C57H57NO9. The van der Waals surface area contributed by atoms with E-state index in [9.17, 15) is 4.79 Å². The average molecular weight is 900 g/mol. The second-order valence-corrected chi connectivity index (χ2v) is 16.2. The zero-order valence-corrected chi connectivity index (χ0v) is 37.5. The zero-order valence-electron chi connectivity index (χ0n) is 37.5. The fourth-order valence-corrected chi connectivity index (χ4v) is 7.71. The van der Waals surface area contributed by atoms with Gasteiger partial charge in [0.05, 0.1) is 33.0 Å². The van der Waals surface area contributed by atoms with E-state index in [1.807, 2.05) is 200 Å². The van der Waals surface area contributed by atoms with E-state index in [0.29, 0.717) is 37.7 Å². The second-order valence-electron chi connectivity index (χ2n) is 16.2. The van der Waals surface area contributed by atoms with Crippen molar-refractivity contribution in [1.82, 2.24) is 5.32 Å². The van der Waals surface area contributed by atoms with E-state index in [1.165, 1.54) is 0 Å². The van der Waals surface area contributed by atoms with Crippen LogP contribution in [0.25, 0.3) is 0 Å². The summed E-state index contributed by atoms with van der Waals surface area (Å²) in [6.45, 7) is 2.26. The van der Waals surface area contributed by atoms with Crippen molar-refractivity contribution in [2.75, 3.05) is 13.2 Å². The molecule has 1 aliphatic rings. The van der Waals surface area contributed by atoms with Crippen LogP contribution in [0.15, 0.2) is 200 Å². The Morgan fingerprint density at radius 1 is 0.433 bits per heavy atom. The quantitative estimate of drug-likeness (QED) is 0.0672. The number of carbonyl (C=O) groups is 1. The van der Waals surface area contributed by atoms with Gasteiger partial charge in [-0.25, -0.2) is 4.79 Å². The number of benzene rings is 7. The van der Waals surface area contributed by atoms with Crippen molar-refractivity contribution in [1.29, 1.82) is 0 Å². The molecule has 1 fully saturated rings. The van der Waals surface area contributed by atoms with Crippen LogP contribution in [0.3, 0.4) is 0 Å². The molecule has 10 nitrogen and oxygen atoms in total.